The summed E-state index contributed by atoms with van der Waals surface area (Å²) in [4.78, 5) is 4.62. The molecule has 2 aromatic carbocycles. The second kappa shape index (κ2) is 6.75. The van der Waals surface area contributed by atoms with Gasteiger partial charge in [0.2, 0.25) is 0 Å². The molecule has 122 valence electrons. The van der Waals surface area contributed by atoms with E-state index >= 15 is 0 Å². The van der Waals surface area contributed by atoms with Gasteiger partial charge in [-0.1, -0.05) is 24.3 Å². The highest BCUT2D eigenvalue weighted by Gasteiger charge is 2.12. The van der Waals surface area contributed by atoms with Crippen molar-refractivity contribution in [1.29, 1.82) is 0 Å². The Morgan fingerprint density at radius 2 is 1.21 bits per heavy atom. The van der Waals surface area contributed by atoms with E-state index in [1.807, 2.05) is 37.4 Å². The van der Waals surface area contributed by atoms with Gasteiger partial charge in [0.25, 0.3) is 0 Å². The molecule has 0 bridgehead atoms. The molecule has 0 aliphatic heterocycles. The van der Waals surface area contributed by atoms with Crippen LogP contribution in [-0.2, 0) is 0 Å². The number of hydrogen-bond donors (Lipinski definition) is 0. The number of ether oxygens (including phenoxy) is 2. The molecule has 0 amide bonds. The lowest BCUT2D eigenvalue weighted by Crippen LogP contribution is -1.96. The third kappa shape index (κ3) is 2.98. The monoisotopic (exact) mass is 319 g/mol. The third-order valence-electron chi connectivity index (χ3n) is 4.31. The molecule has 0 spiro atoms. The minimum absolute atomic E-state index is 0.854. The minimum atomic E-state index is 0.854. The fourth-order valence-electron chi connectivity index (χ4n) is 2.97. The third-order valence-corrected chi connectivity index (χ3v) is 4.31. The van der Waals surface area contributed by atoms with E-state index in [1.54, 1.807) is 14.2 Å². The van der Waals surface area contributed by atoms with Gasteiger partial charge in [-0.2, -0.15) is 0 Å². The lowest BCUT2D eigenvalue weighted by atomic mass is 9.93. The van der Waals surface area contributed by atoms with Crippen molar-refractivity contribution in [1.82, 2.24) is 4.98 Å². The van der Waals surface area contributed by atoms with Crippen LogP contribution in [0.15, 0.2) is 54.7 Å². The van der Waals surface area contributed by atoms with Crippen LogP contribution in [-0.4, -0.2) is 19.2 Å². The first-order chi connectivity index (χ1) is 11.6. The molecule has 3 rings (SSSR count). The van der Waals surface area contributed by atoms with Crippen LogP contribution in [0.4, 0.5) is 0 Å². The molecule has 24 heavy (non-hydrogen) atoms. The Bertz CT molecular complexity index is 837. The first-order valence-corrected chi connectivity index (χ1v) is 7.89. The maximum absolute atomic E-state index is 5.25. The van der Waals surface area contributed by atoms with Crippen molar-refractivity contribution in [2.45, 2.75) is 13.8 Å². The highest BCUT2D eigenvalue weighted by Crippen LogP contribution is 2.34. The van der Waals surface area contributed by atoms with Gasteiger partial charge in [-0.25, -0.2) is 0 Å². The second-order valence-electron chi connectivity index (χ2n) is 5.71. The summed E-state index contributed by atoms with van der Waals surface area (Å²) in [6, 6.07) is 16.2. The molecule has 0 fully saturated rings. The molecule has 0 saturated carbocycles. The largest absolute Gasteiger partial charge is 0.497 e. The van der Waals surface area contributed by atoms with E-state index in [9.17, 15) is 0 Å². The van der Waals surface area contributed by atoms with Gasteiger partial charge in [0.05, 0.1) is 14.2 Å². The van der Waals surface area contributed by atoms with E-state index in [1.165, 1.54) is 11.1 Å². The minimum Gasteiger partial charge on any atom is -0.497 e. The number of pyridine rings is 1. The average molecular weight is 319 g/mol. The zero-order chi connectivity index (χ0) is 17.1. The van der Waals surface area contributed by atoms with Crippen LogP contribution in [0.1, 0.15) is 11.3 Å². The summed E-state index contributed by atoms with van der Waals surface area (Å²) < 4.78 is 10.5. The quantitative estimate of drug-likeness (QED) is 0.674. The summed E-state index contributed by atoms with van der Waals surface area (Å²) in [6.07, 6.45) is 1.94. The van der Waals surface area contributed by atoms with E-state index < -0.39 is 0 Å². The molecule has 0 radical (unpaired) electrons. The molecule has 0 aliphatic rings. The fraction of sp³-hybridized carbons (Fsp3) is 0.190. The van der Waals surface area contributed by atoms with Crippen LogP contribution < -0.4 is 9.47 Å². The lowest BCUT2D eigenvalue weighted by molar-refractivity contribution is 0.415. The molecule has 1 heterocycles. The maximum atomic E-state index is 5.25. The first-order valence-electron chi connectivity index (χ1n) is 7.89. The summed E-state index contributed by atoms with van der Waals surface area (Å²) in [5.41, 5.74) is 6.83. The summed E-state index contributed by atoms with van der Waals surface area (Å²) in [5, 5.41) is 0. The highest BCUT2D eigenvalue weighted by atomic mass is 16.5. The van der Waals surface area contributed by atoms with Gasteiger partial charge >= 0.3 is 0 Å². The van der Waals surface area contributed by atoms with Crippen molar-refractivity contribution in [2.24, 2.45) is 0 Å². The number of rotatable bonds is 4. The van der Waals surface area contributed by atoms with Crippen molar-refractivity contribution in [3.8, 4) is 33.8 Å². The molecule has 0 atom stereocenters. The topological polar surface area (TPSA) is 31.4 Å². The summed E-state index contributed by atoms with van der Waals surface area (Å²) >= 11 is 0. The standard InChI is InChI=1S/C21H21NO2/c1-14-20(16-5-9-18(23-3)10-6-16)13-22-15(2)21(14)17-7-11-19(24-4)12-8-17/h5-13H,1-4H3. The molecular weight excluding hydrogens is 298 g/mol. The number of nitrogens with zero attached hydrogens (tertiary/aromatic N) is 1. The Balaban J connectivity index is 2.09. The normalized spacial score (nSPS) is 10.5. The molecule has 3 aromatic rings. The summed E-state index contributed by atoms with van der Waals surface area (Å²) in [7, 11) is 3.35. The zero-order valence-electron chi connectivity index (χ0n) is 14.5. The predicted molar refractivity (Wildman–Crippen MR) is 97.7 cm³/mol. The van der Waals surface area contributed by atoms with Crippen LogP contribution in [0.2, 0.25) is 0 Å². The summed E-state index contributed by atoms with van der Waals surface area (Å²) in [5.74, 6) is 1.71. The number of benzene rings is 2. The lowest BCUT2D eigenvalue weighted by Gasteiger charge is -2.15. The van der Waals surface area contributed by atoms with E-state index in [-0.39, 0.29) is 0 Å². The van der Waals surface area contributed by atoms with Crippen molar-refractivity contribution >= 4 is 0 Å². The molecule has 3 heteroatoms. The molecule has 0 unspecified atom stereocenters. The number of hydrogen-bond acceptors (Lipinski definition) is 3. The predicted octanol–water partition coefficient (Wildman–Crippen LogP) is 5.05. The van der Waals surface area contributed by atoms with Crippen molar-refractivity contribution in [2.75, 3.05) is 14.2 Å². The van der Waals surface area contributed by atoms with E-state index in [2.05, 4.69) is 36.2 Å². The van der Waals surface area contributed by atoms with E-state index in [0.29, 0.717) is 0 Å². The Kier molecular flexibility index (Phi) is 4.52. The second-order valence-corrected chi connectivity index (χ2v) is 5.71. The molecule has 1 aromatic heterocycles. The van der Waals surface area contributed by atoms with Crippen molar-refractivity contribution in [3.63, 3.8) is 0 Å². The Morgan fingerprint density at radius 1 is 0.708 bits per heavy atom. The number of methoxy groups -OCH3 is 2. The first kappa shape index (κ1) is 16.1. The molecule has 0 N–H and O–H groups in total. The van der Waals surface area contributed by atoms with Gasteiger partial charge in [-0.3, -0.25) is 4.98 Å². The van der Waals surface area contributed by atoms with Gasteiger partial charge in [-0.05, 0) is 54.8 Å². The maximum Gasteiger partial charge on any atom is 0.118 e. The molecular formula is C21H21NO2. The number of aryl methyl sites for hydroxylation is 1. The highest BCUT2D eigenvalue weighted by molar-refractivity contribution is 5.79. The van der Waals surface area contributed by atoms with Crippen LogP contribution in [0.25, 0.3) is 22.3 Å². The summed E-state index contributed by atoms with van der Waals surface area (Å²) in [6.45, 7) is 4.19. The van der Waals surface area contributed by atoms with E-state index in [0.717, 1.165) is 33.9 Å². The van der Waals surface area contributed by atoms with Gasteiger partial charge in [0.1, 0.15) is 11.5 Å². The Hall–Kier alpha value is -2.81. The van der Waals surface area contributed by atoms with Crippen LogP contribution in [0.5, 0.6) is 11.5 Å². The van der Waals surface area contributed by atoms with Crippen molar-refractivity contribution in [3.05, 3.63) is 66.0 Å². The Morgan fingerprint density at radius 3 is 1.71 bits per heavy atom. The van der Waals surface area contributed by atoms with Gasteiger partial charge in [-0.15, -0.1) is 0 Å². The van der Waals surface area contributed by atoms with Crippen LogP contribution >= 0.6 is 0 Å². The average Bonchev–Trinajstić information content (AvgIpc) is 2.63. The van der Waals surface area contributed by atoms with Crippen LogP contribution in [0, 0.1) is 13.8 Å². The molecule has 0 saturated heterocycles. The van der Waals surface area contributed by atoms with Crippen molar-refractivity contribution < 1.29 is 9.47 Å². The molecule has 0 aliphatic carbocycles. The zero-order valence-corrected chi connectivity index (χ0v) is 14.5. The van der Waals surface area contributed by atoms with Gasteiger partial charge < -0.3 is 9.47 Å². The molecule has 3 nitrogen and oxygen atoms in total. The van der Waals surface area contributed by atoms with E-state index in [4.69, 9.17) is 9.47 Å². The fourth-order valence-corrected chi connectivity index (χ4v) is 2.97. The van der Waals surface area contributed by atoms with Gasteiger partial charge in [0, 0.05) is 23.0 Å². The Labute approximate surface area is 142 Å². The van der Waals surface area contributed by atoms with Gasteiger partial charge in [0.15, 0.2) is 0 Å². The number of aromatic nitrogens is 1. The van der Waals surface area contributed by atoms with Crippen LogP contribution in [0.3, 0.4) is 0 Å². The smallest absolute Gasteiger partial charge is 0.118 e. The SMILES string of the molecule is COc1ccc(-c2cnc(C)c(-c3ccc(OC)cc3)c2C)cc1.